The van der Waals surface area contributed by atoms with Crippen molar-refractivity contribution in [2.24, 2.45) is 0 Å². The summed E-state index contributed by atoms with van der Waals surface area (Å²) in [6, 6.07) is 19.4. The molecule has 0 amide bonds. The molecule has 0 radical (unpaired) electrons. The smallest absolute Gasteiger partial charge is 0.217 e. The van der Waals surface area contributed by atoms with Crippen molar-refractivity contribution in [3.05, 3.63) is 94.6 Å². The molecule has 0 fully saturated rings. The van der Waals surface area contributed by atoms with Gasteiger partial charge in [-0.1, -0.05) is 18.2 Å². The summed E-state index contributed by atoms with van der Waals surface area (Å²) in [5.41, 5.74) is 1.20. The molecular formula is C30H31FN4O3. The Bertz CT molecular complexity index is 1500. The van der Waals surface area contributed by atoms with Gasteiger partial charge in [0.2, 0.25) is 5.88 Å². The minimum absolute atomic E-state index is 0.0548. The third-order valence-electron chi connectivity index (χ3n) is 6.71. The van der Waals surface area contributed by atoms with Crippen LogP contribution in [0.2, 0.25) is 0 Å². The van der Waals surface area contributed by atoms with E-state index in [1.807, 2.05) is 44.1 Å². The molecule has 0 saturated heterocycles. The van der Waals surface area contributed by atoms with Gasteiger partial charge in [-0.05, 0) is 69.9 Å². The van der Waals surface area contributed by atoms with E-state index < -0.39 is 17.3 Å². The molecule has 0 aliphatic carbocycles. The van der Waals surface area contributed by atoms with Gasteiger partial charge in [0.25, 0.3) is 0 Å². The van der Waals surface area contributed by atoms with Crippen LogP contribution in [0.5, 0.6) is 11.6 Å². The lowest BCUT2D eigenvalue weighted by Crippen LogP contribution is -2.39. The zero-order valence-corrected chi connectivity index (χ0v) is 22.2. The molecule has 1 N–H and O–H groups in total. The normalized spacial score (nSPS) is 13.7. The molecule has 8 heteroatoms. The number of ether oxygens (including phenoxy) is 2. The van der Waals surface area contributed by atoms with E-state index in [-0.39, 0.29) is 23.6 Å². The van der Waals surface area contributed by atoms with Crippen LogP contribution in [0.4, 0.5) is 4.39 Å². The lowest BCUT2D eigenvalue weighted by molar-refractivity contribution is -0.00133. The number of nitrogens with zero attached hydrogens (tertiary/aromatic N) is 4. The fraction of sp³-hybridized carbons (Fsp3) is 0.300. The first kappa shape index (κ1) is 27.0. The van der Waals surface area contributed by atoms with E-state index in [1.165, 1.54) is 20.3 Å². The fourth-order valence-electron chi connectivity index (χ4n) is 4.80. The molecule has 4 rings (SSSR count). The third kappa shape index (κ3) is 5.17. The molecule has 0 aliphatic heterocycles. The van der Waals surface area contributed by atoms with Crippen molar-refractivity contribution >= 4 is 10.9 Å². The van der Waals surface area contributed by atoms with E-state index in [9.17, 15) is 10.4 Å². The number of benzene rings is 2. The van der Waals surface area contributed by atoms with Gasteiger partial charge in [0, 0.05) is 28.8 Å². The van der Waals surface area contributed by atoms with Crippen molar-refractivity contribution in [1.29, 1.82) is 5.26 Å². The van der Waals surface area contributed by atoms with E-state index in [0.717, 1.165) is 5.69 Å². The first-order valence-corrected chi connectivity index (χ1v) is 12.2. The molecule has 0 bridgehead atoms. The van der Waals surface area contributed by atoms with Crippen LogP contribution < -0.4 is 9.47 Å². The molecule has 0 spiro atoms. The summed E-state index contributed by atoms with van der Waals surface area (Å²) < 4.78 is 27.0. The molecule has 2 aromatic heterocycles. The number of methoxy groups -OCH3 is 2. The van der Waals surface area contributed by atoms with Gasteiger partial charge in [0.1, 0.15) is 5.60 Å². The second kappa shape index (κ2) is 11.1. The number of halogens is 1. The van der Waals surface area contributed by atoms with Crippen LogP contribution in [0, 0.1) is 24.1 Å². The molecule has 0 aliphatic rings. The fourth-order valence-corrected chi connectivity index (χ4v) is 4.80. The Morgan fingerprint density at radius 2 is 1.79 bits per heavy atom. The first-order chi connectivity index (χ1) is 18.2. The van der Waals surface area contributed by atoms with Gasteiger partial charge in [0.15, 0.2) is 11.6 Å². The lowest BCUT2D eigenvalue weighted by Gasteiger charge is -2.38. The summed E-state index contributed by atoms with van der Waals surface area (Å²) in [4.78, 5) is 11.3. The van der Waals surface area contributed by atoms with Crippen molar-refractivity contribution in [1.82, 2.24) is 14.9 Å². The Balaban J connectivity index is 2.10. The highest BCUT2D eigenvalue weighted by molar-refractivity contribution is 5.82. The average molecular weight is 515 g/mol. The minimum Gasteiger partial charge on any atom is -0.494 e. The summed E-state index contributed by atoms with van der Waals surface area (Å²) in [5.74, 6) is -1.28. The van der Waals surface area contributed by atoms with E-state index in [4.69, 9.17) is 9.47 Å². The number of hydrogen-bond donors (Lipinski definition) is 1. The first-order valence-electron chi connectivity index (χ1n) is 12.2. The van der Waals surface area contributed by atoms with E-state index in [1.54, 1.807) is 36.4 Å². The molecular weight excluding hydrogens is 483 g/mol. The maximum atomic E-state index is 16.0. The summed E-state index contributed by atoms with van der Waals surface area (Å²) in [5, 5.41) is 22.8. The van der Waals surface area contributed by atoms with Crippen LogP contribution >= 0.6 is 0 Å². The van der Waals surface area contributed by atoms with Crippen molar-refractivity contribution in [3.8, 4) is 17.7 Å². The highest BCUT2D eigenvalue weighted by atomic mass is 19.1. The number of aromatic nitrogens is 2. The predicted octanol–water partition coefficient (Wildman–Crippen LogP) is 4.94. The Morgan fingerprint density at radius 1 is 1.03 bits per heavy atom. The second-order valence-corrected chi connectivity index (χ2v) is 9.54. The van der Waals surface area contributed by atoms with Crippen molar-refractivity contribution < 1.29 is 19.0 Å². The number of rotatable bonds is 9. The van der Waals surface area contributed by atoms with Crippen LogP contribution in [0.3, 0.4) is 0 Å². The molecule has 7 nitrogen and oxygen atoms in total. The van der Waals surface area contributed by atoms with Gasteiger partial charge in [0.05, 0.1) is 43.0 Å². The van der Waals surface area contributed by atoms with Gasteiger partial charge >= 0.3 is 0 Å². The number of hydrogen-bond acceptors (Lipinski definition) is 7. The third-order valence-corrected chi connectivity index (χ3v) is 6.71. The van der Waals surface area contributed by atoms with Crippen LogP contribution in [-0.4, -0.2) is 54.8 Å². The van der Waals surface area contributed by atoms with Crippen LogP contribution in [0.15, 0.2) is 60.7 Å². The molecule has 38 heavy (non-hydrogen) atoms. The Kier molecular flexibility index (Phi) is 7.91. The molecule has 2 unspecified atom stereocenters. The van der Waals surface area contributed by atoms with Gasteiger partial charge in [-0.2, -0.15) is 5.26 Å². The highest BCUT2D eigenvalue weighted by Crippen LogP contribution is 2.48. The second-order valence-electron chi connectivity index (χ2n) is 9.54. The Labute approximate surface area is 222 Å². The summed E-state index contributed by atoms with van der Waals surface area (Å²) in [7, 11) is 6.71. The van der Waals surface area contributed by atoms with E-state index in [0.29, 0.717) is 34.3 Å². The van der Waals surface area contributed by atoms with Crippen molar-refractivity contribution in [3.63, 3.8) is 0 Å². The van der Waals surface area contributed by atoms with Crippen molar-refractivity contribution in [2.75, 3.05) is 34.9 Å². The van der Waals surface area contributed by atoms with Gasteiger partial charge in [-0.3, -0.25) is 4.98 Å². The zero-order valence-electron chi connectivity index (χ0n) is 22.2. The molecule has 2 aromatic carbocycles. The molecule has 196 valence electrons. The maximum Gasteiger partial charge on any atom is 0.217 e. The molecule has 2 atom stereocenters. The monoisotopic (exact) mass is 514 g/mol. The van der Waals surface area contributed by atoms with Crippen LogP contribution in [0.1, 0.15) is 40.4 Å². The number of aryl methyl sites for hydroxylation is 1. The summed E-state index contributed by atoms with van der Waals surface area (Å²) in [6.45, 7) is 2.34. The number of fused-ring (bicyclic) bond motifs is 1. The minimum atomic E-state index is -1.67. The largest absolute Gasteiger partial charge is 0.494 e. The lowest BCUT2D eigenvalue weighted by atomic mass is 9.73. The zero-order chi connectivity index (χ0) is 27.4. The number of aliphatic hydroxyl groups is 1. The maximum absolute atomic E-state index is 16.0. The summed E-state index contributed by atoms with van der Waals surface area (Å²) >= 11 is 0. The van der Waals surface area contributed by atoms with Crippen LogP contribution in [0.25, 0.3) is 10.9 Å². The molecule has 2 heterocycles. The highest BCUT2D eigenvalue weighted by Gasteiger charge is 2.45. The number of nitriles is 1. The average Bonchev–Trinajstić information content (AvgIpc) is 2.92. The van der Waals surface area contributed by atoms with Gasteiger partial charge in [-0.25, -0.2) is 9.37 Å². The van der Waals surface area contributed by atoms with Crippen molar-refractivity contribution in [2.45, 2.75) is 24.9 Å². The van der Waals surface area contributed by atoms with Crippen LogP contribution in [-0.2, 0) is 5.60 Å². The van der Waals surface area contributed by atoms with Gasteiger partial charge < -0.3 is 19.5 Å². The SMILES string of the molecule is COc1cccc(C(c2cc3cc(C#N)ccc3nc2OC)C(O)(CCN(C)C)c2cccc(C)n2)c1F. The quantitative estimate of drug-likeness (QED) is 0.338. The Hall–Kier alpha value is -4.06. The molecule has 4 aromatic rings. The standard InChI is InChI=1S/C30H31FN4O3/c1-19-8-6-11-26(33-19)30(36,14-15-35(2)3)27(22-9-7-10-25(37-4)28(22)31)23-17-21-16-20(18-32)12-13-24(21)34-29(23)38-5/h6-13,16-17,27,36H,14-15H2,1-5H3. The predicted molar refractivity (Wildman–Crippen MR) is 144 cm³/mol. The van der Waals surface area contributed by atoms with E-state index >= 15 is 4.39 Å². The van der Waals surface area contributed by atoms with Gasteiger partial charge in [-0.15, -0.1) is 0 Å². The van der Waals surface area contributed by atoms with E-state index in [2.05, 4.69) is 16.0 Å². The summed E-state index contributed by atoms with van der Waals surface area (Å²) in [6.07, 6.45) is 0.233. The topological polar surface area (TPSA) is 91.5 Å². The number of pyridine rings is 2. The molecule has 0 saturated carbocycles. The Morgan fingerprint density at radius 3 is 2.45 bits per heavy atom.